The van der Waals surface area contributed by atoms with Crippen molar-refractivity contribution < 1.29 is 14.3 Å². The van der Waals surface area contributed by atoms with Crippen LogP contribution in [0.2, 0.25) is 0 Å². The highest BCUT2D eigenvalue weighted by atomic mass is 79.9. The number of aryl methyl sites for hydroxylation is 1. The number of fused-ring (bicyclic) bond motifs is 1. The molecule has 0 unspecified atom stereocenters. The average molecular weight is 403 g/mol. The van der Waals surface area contributed by atoms with Gasteiger partial charge in [-0.2, -0.15) is 0 Å². The maximum atomic E-state index is 12.2. The lowest BCUT2D eigenvalue weighted by atomic mass is 10.1. The molecular formula is C19H19BrN2O3. The quantitative estimate of drug-likeness (QED) is 0.836. The zero-order valence-corrected chi connectivity index (χ0v) is 15.5. The number of rotatable bonds is 5. The highest BCUT2D eigenvalue weighted by Crippen LogP contribution is 2.34. The first-order valence-electron chi connectivity index (χ1n) is 8.08. The van der Waals surface area contributed by atoms with Crippen LogP contribution in [0.25, 0.3) is 0 Å². The molecule has 3 rings (SSSR count). The lowest BCUT2D eigenvalue weighted by Crippen LogP contribution is -2.45. The molecule has 1 aliphatic rings. The molecule has 0 aromatic heterocycles. The molecule has 0 saturated heterocycles. The summed E-state index contributed by atoms with van der Waals surface area (Å²) < 4.78 is 6.29. The van der Waals surface area contributed by atoms with Crippen molar-refractivity contribution in [2.75, 3.05) is 24.6 Å². The monoisotopic (exact) mass is 402 g/mol. The first kappa shape index (κ1) is 17.5. The molecule has 0 atom stereocenters. The van der Waals surface area contributed by atoms with Crippen molar-refractivity contribution in [3.8, 4) is 5.75 Å². The Balaban J connectivity index is 1.58. The maximum Gasteiger partial charge on any atom is 0.265 e. The van der Waals surface area contributed by atoms with Crippen LogP contribution >= 0.6 is 15.9 Å². The summed E-state index contributed by atoms with van der Waals surface area (Å²) in [4.78, 5) is 25.8. The van der Waals surface area contributed by atoms with Crippen molar-refractivity contribution in [3.05, 3.63) is 58.1 Å². The second kappa shape index (κ2) is 7.70. The zero-order valence-electron chi connectivity index (χ0n) is 13.9. The summed E-state index contributed by atoms with van der Waals surface area (Å²) >= 11 is 3.37. The Kier molecular flexibility index (Phi) is 5.38. The largest absolute Gasteiger partial charge is 0.482 e. The molecule has 1 heterocycles. The number of benzene rings is 2. The summed E-state index contributed by atoms with van der Waals surface area (Å²) in [5.74, 6) is 0.196. The summed E-state index contributed by atoms with van der Waals surface area (Å²) in [6.07, 6.45) is 0.758. The van der Waals surface area contributed by atoms with E-state index in [4.69, 9.17) is 4.74 Å². The fraction of sp³-hybridized carbons (Fsp3) is 0.263. The minimum atomic E-state index is -0.219. The molecule has 6 heteroatoms. The molecule has 0 bridgehead atoms. The molecule has 0 radical (unpaired) electrons. The van der Waals surface area contributed by atoms with Gasteiger partial charge in [-0.25, -0.2) is 0 Å². The lowest BCUT2D eigenvalue weighted by molar-refractivity contribution is -0.125. The van der Waals surface area contributed by atoms with E-state index in [9.17, 15) is 9.59 Å². The van der Waals surface area contributed by atoms with Crippen molar-refractivity contribution in [1.82, 2.24) is 5.32 Å². The SMILES string of the molecule is Cc1cccc(CCNC(=O)CN2C(=O)COc3cc(Br)ccc32)c1. The number of nitrogens with one attached hydrogen (secondary N) is 1. The van der Waals surface area contributed by atoms with Gasteiger partial charge in [0.15, 0.2) is 6.61 Å². The first-order chi connectivity index (χ1) is 12.0. The summed E-state index contributed by atoms with van der Waals surface area (Å²) in [7, 11) is 0. The van der Waals surface area contributed by atoms with E-state index in [1.54, 1.807) is 12.1 Å². The molecule has 25 heavy (non-hydrogen) atoms. The molecule has 2 aromatic carbocycles. The van der Waals surface area contributed by atoms with E-state index >= 15 is 0 Å². The molecule has 2 aromatic rings. The van der Waals surface area contributed by atoms with E-state index in [1.807, 2.05) is 31.2 Å². The minimum absolute atomic E-state index is 0.00928. The van der Waals surface area contributed by atoms with Crippen LogP contribution in [0.4, 0.5) is 5.69 Å². The van der Waals surface area contributed by atoms with Gasteiger partial charge in [0.2, 0.25) is 5.91 Å². The third-order valence-electron chi connectivity index (χ3n) is 3.98. The van der Waals surface area contributed by atoms with E-state index in [0.29, 0.717) is 18.0 Å². The fourth-order valence-corrected chi connectivity index (χ4v) is 3.11. The molecule has 0 fully saturated rings. The van der Waals surface area contributed by atoms with Gasteiger partial charge in [-0.05, 0) is 37.1 Å². The van der Waals surface area contributed by atoms with Gasteiger partial charge in [0.25, 0.3) is 5.91 Å². The zero-order chi connectivity index (χ0) is 17.8. The molecule has 2 amide bonds. The smallest absolute Gasteiger partial charge is 0.265 e. The molecule has 130 valence electrons. The van der Waals surface area contributed by atoms with Crippen LogP contribution < -0.4 is 15.0 Å². The molecule has 0 aliphatic carbocycles. The molecule has 0 saturated carbocycles. The van der Waals surface area contributed by atoms with Crippen LogP contribution in [0.1, 0.15) is 11.1 Å². The Morgan fingerprint density at radius 1 is 1.28 bits per heavy atom. The Hall–Kier alpha value is -2.34. The second-order valence-corrected chi connectivity index (χ2v) is 6.89. The fourth-order valence-electron chi connectivity index (χ4n) is 2.77. The van der Waals surface area contributed by atoms with E-state index in [1.165, 1.54) is 16.0 Å². The number of hydrogen-bond acceptors (Lipinski definition) is 3. The van der Waals surface area contributed by atoms with Crippen molar-refractivity contribution in [2.45, 2.75) is 13.3 Å². The van der Waals surface area contributed by atoms with E-state index in [-0.39, 0.29) is 25.0 Å². The van der Waals surface area contributed by atoms with E-state index < -0.39 is 0 Å². The predicted octanol–water partition coefficient (Wildman–Crippen LogP) is 2.84. The number of carbonyl (C=O) groups is 2. The average Bonchev–Trinajstić information content (AvgIpc) is 2.57. The third-order valence-corrected chi connectivity index (χ3v) is 4.48. The van der Waals surface area contributed by atoms with Gasteiger partial charge in [-0.1, -0.05) is 45.8 Å². The maximum absolute atomic E-state index is 12.2. The predicted molar refractivity (Wildman–Crippen MR) is 99.9 cm³/mol. The summed E-state index contributed by atoms with van der Waals surface area (Å²) in [5.41, 5.74) is 3.00. The molecular weight excluding hydrogens is 384 g/mol. The van der Waals surface area contributed by atoms with Gasteiger partial charge in [0.05, 0.1) is 5.69 Å². The molecule has 0 spiro atoms. The number of halogens is 1. The van der Waals surface area contributed by atoms with Gasteiger partial charge in [0, 0.05) is 11.0 Å². The third kappa shape index (κ3) is 4.39. The van der Waals surface area contributed by atoms with E-state index in [2.05, 4.69) is 27.3 Å². The lowest BCUT2D eigenvalue weighted by Gasteiger charge is -2.29. The summed E-state index contributed by atoms with van der Waals surface area (Å²) in [5, 5.41) is 2.88. The number of anilines is 1. The number of ether oxygens (including phenoxy) is 1. The highest BCUT2D eigenvalue weighted by Gasteiger charge is 2.27. The Bertz CT molecular complexity index is 807. The van der Waals surface area contributed by atoms with Crippen LogP contribution in [0, 0.1) is 6.92 Å². The van der Waals surface area contributed by atoms with Gasteiger partial charge >= 0.3 is 0 Å². The summed E-state index contributed by atoms with van der Waals surface area (Å²) in [6, 6.07) is 13.6. The Morgan fingerprint density at radius 2 is 2.12 bits per heavy atom. The van der Waals surface area contributed by atoms with Crippen LogP contribution in [-0.4, -0.2) is 31.5 Å². The van der Waals surface area contributed by atoms with Gasteiger partial charge in [0.1, 0.15) is 12.3 Å². The van der Waals surface area contributed by atoms with Crippen molar-refractivity contribution in [1.29, 1.82) is 0 Å². The van der Waals surface area contributed by atoms with Crippen molar-refractivity contribution in [3.63, 3.8) is 0 Å². The minimum Gasteiger partial charge on any atom is -0.482 e. The highest BCUT2D eigenvalue weighted by molar-refractivity contribution is 9.10. The standard InChI is InChI=1S/C19H19BrN2O3/c1-13-3-2-4-14(9-13)7-8-21-18(23)11-22-16-6-5-15(20)10-17(16)25-12-19(22)24/h2-6,9-10H,7-8,11-12H2,1H3,(H,21,23). The molecule has 5 nitrogen and oxygen atoms in total. The number of carbonyl (C=O) groups excluding carboxylic acids is 2. The van der Waals surface area contributed by atoms with Crippen molar-refractivity contribution in [2.24, 2.45) is 0 Å². The second-order valence-electron chi connectivity index (χ2n) is 5.97. The van der Waals surface area contributed by atoms with Crippen molar-refractivity contribution >= 4 is 33.4 Å². The van der Waals surface area contributed by atoms with Crippen LogP contribution in [-0.2, 0) is 16.0 Å². The van der Waals surface area contributed by atoms with Gasteiger partial charge < -0.3 is 10.1 Å². The molecule has 1 N–H and O–H groups in total. The van der Waals surface area contributed by atoms with Crippen LogP contribution in [0.15, 0.2) is 46.9 Å². The molecule has 1 aliphatic heterocycles. The van der Waals surface area contributed by atoms with E-state index in [0.717, 1.165) is 10.9 Å². The van der Waals surface area contributed by atoms with Crippen LogP contribution in [0.3, 0.4) is 0 Å². The number of hydrogen-bond donors (Lipinski definition) is 1. The summed E-state index contributed by atoms with van der Waals surface area (Å²) in [6.45, 7) is 2.51. The van der Waals surface area contributed by atoms with Gasteiger partial charge in [-0.15, -0.1) is 0 Å². The Labute approximate surface area is 155 Å². The Morgan fingerprint density at radius 3 is 2.92 bits per heavy atom. The normalized spacial score (nSPS) is 13.2. The van der Waals surface area contributed by atoms with Gasteiger partial charge in [-0.3, -0.25) is 14.5 Å². The van der Waals surface area contributed by atoms with Crippen LogP contribution in [0.5, 0.6) is 5.75 Å². The first-order valence-corrected chi connectivity index (χ1v) is 8.87. The number of nitrogens with zero attached hydrogens (tertiary/aromatic N) is 1. The topological polar surface area (TPSA) is 58.6 Å². The number of amides is 2.